The average molecular weight is 254 g/mol. The van der Waals surface area contributed by atoms with E-state index < -0.39 is 0 Å². The van der Waals surface area contributed by atoms with Gasteiger partial charge in [-0.05, 0) is 54.8 Å². The number of anilines is 2. The van der Waals surface area contributed by atoms with Crippen LogP contribution in [0.1, 0.15) is 16.7 Å². The molecular formula is C17H22N2. The van der Waals surface area contributed by atoms with E-state index in [2.05, 4.69) is 73.6 Å². The smallest absolute Gasteiger partial charge is 0.0426 e. The fraction of sp³-hybridized carbons (Fsp3) is 0.294. The molecule has 0 aliphatic carbocycles. The summed E-state index contributed by atoms with van der Waals surface area (Å²) in [6, 6.07) is 15.2. The highest BCUT2D eigenvalue weighted by Gasteiger charge is 2.03. The molecule has 2 aromatic rings. The lowest BCUT2D eigenvalue weighted by Gasteiger charge is -2.20. The van der Waals surface area contributed by atoms with Gasteiger partial charge in [-0.2, -0.15) is 0 Å². The lowest BCUT2D eigenvalue weighted by Crippen LogP contribution is -2.16. The molecule has 2 aromatic carbocycles. The second kappa shape index (κ2) is 5.79. The summed E-state index contributed by atoms with van der Waals surface area (Å²) in [5.41, 5.74) is 6.44. The van der Waals surface area contributed by atoms with Crippen LogP contribution < -0.4 is 10.2 Å². The van der Waals surface area contributed by atoms with E-state index in [4.69, 9.17) is 0 Å². The minimum absolute atomic E-state index is 0.931. The molecule has 0 aliphatic rings. The first kappa shape index (κ1) is 13.5. The monoisotopic (exact) mass is 254 g/mol. The van der Waals surface area contributed by atoms with Crippen LogP contribution in [-0.4, -0.2) is 14.1 Å². The summed E-state index contributed by atoms with van der Waals surface area (Å²) in [5, 5.41) is 3.14. The van der Waals surface area contributed by atoms with Gasteiger partial charge in [0, 0.05) is 32.0 Å². The first-order valence-corrected chi connectivity index (χ1v) is 6.65. The maximum absolute atomic E-state index is 3.14. The molecule has 0 saturated carbocycles. The van der Waals surface area contributed by atoms with Gasteiger partial charge in [-0.1, -0.05) is 18.2 Å². The molecule has 0 bridgehead atoms. The van der Waals surface area contributed by atoms with Crippen LogP contribution in [0.15, 0.2) is 42.5 Å². The number of hydrogen-bond acceptors (Lipinski definition) is 2. The molecule has 0 radical (unpaired) electrons. The van der Waals surface area contributed by atoms with E-state index in [0.717, 1.165) is 12.2 Å². The third kappa shape index (κ3) is 3.28. The largest absolute Gasteiger partial charge is 0.388 e. The van der Waals surface area contributed by atoms with Gasteiger partial charge in [0.2, 0.25) is 0 Å². The Morgan fingerprint density at radius 2 is 1.63 bits per heavy atom. The summed E-state index contributed by atoms with van der Waals surface area (Å²) in [7, 11) is 4.07. The fourth-order valence-corrected chi connectivity index (χ4v) is 2.15. The zero-order chi connectivity index (χ0) is 13.8. The van der Waals surface area contributed by atoms with Crippen LogP contribution in [0, 0.1) is 13.8 Å². The maximum Gasteiger partial charge on any atom is 0.0426 e. The van der Waals surface area contributed by atoms with Gasteiger partial charge in [0.1, 0.15) is 0 Å². The predicted molar refractivity (Wildman–Crippen MR) is 84.0 cm³/mol. The second-order valence-electron chi connectivity index (χ2n) is 5.07. The highest BCUT2D eigenvalue weighted by Crippen LogP contribution is 2.19. The summed E-state index contributed by atoms with van der Waals surface area (Å²) < 4.78 is 0. The van der Waals surface area contributed by atoms with Crippen LogP contribution in [0.5, 0.6) is 0 Å². The Hall–Kier alpha value is -1.96. The molecule has 2 heteroatoms. The van der Waals surface area contributed by atoms with Gasteiger partial charge in [-0.15, -0.1) is 0 Å². The van der Waals surface area contributed by atoms with E-state index in [0.29, 0.717) is 0 Å². The summed E-state index contributed by atoms with van der Waals surface area (Å²) in [6.07, 6.45) is 0. The van der Waals surface area contributed by atoms with E-state index >= 15 is 0 Å². The lowest BCUT2D eigenvalue weighted by atomic mass is 10.1. The molecule has 0 fully saturated rings. The molecule has 0 spiro atoms. The Labute approximate surface area is 116 Å². The van der Waals surface area contributed by atoms with Crippen molar-refractivity contribution in [2.75, 3.05) is 24.3 Å². The zero-order valence-electron chi connectivity index (χ0n) is 12.2. The van der Waals surface area contributed by atoms with Gasteiger partial charge < -0.3 is 10.2 Å². The van der Waals surface area contributed by atoms with Gasteiger partial charge in [-0.3, -0.25) is 0 Å². The minimum Gasteiger partial charge on any atom is -0.388 e. The number of rotatable bonds is 4. The number of benzene rings is 2. The first-order chi connectivity index (χ1) is 9.10. The van der Waals surface area contributed by atoms with Crippen LogP contribution in [0.2, 0.25) is 0 Å². The molecule has 0 aliphatic heterocycles. The summed E-state index contributed by atoms with van der Waals surface area (Å²) in [5.74, 6) is 0. The van der Waals surface area contributed by atoms with Crippen molar-refractivity contribution < 1.29 is 0 Å². The molecular weight excluding hydrogens is 232 g/mol. The quantitative estimate of drug-likeness (QED) is 0.887. The first-order valence-electron chi connectivity index (χ1n) is 6.65. The van der Waals surface area contributed by atoms with Crippen molar-refractivity contribution in [3.63, 3.8) is 0 Å². The second-order valence-corrected chi connectivity index (χ2v) is 5.07. The highest BCUT2D eigenvalue weighted by molar-refractivity contribution is 5.54. The van der Waals surface area contributed by atoms with E-state index in [-0.39, 0.29) is 0 Å². The van der Waals surface area contributed by atoms with Crippen molar-refractivity contribution in [2.24, 2.45) is 0 Å². The summed E-state index contributed by atoms with van der Waals surface area (Å²) in [4.78, 5) is 2.27. The third-order valence-electron chi connectivity index (χ3n) is 3.59. The maximum atomic E-state index is 3.14. The Morgan fingerprint density at radius 3 is 2.21 bits per heavy atom. The van der Waals surface area contributed by atoms with Crippen LogP contribution in [-0.2, 0) is 6.54 Å². The molecule has 0 aromatic heterocycles. The minimum atomic E-state index is 0.931. The average Bonchev–Trinajstić information content (AvgIpc) is 2.43. The van der Waals surface area contributed by atoms with E-state index in [9.17, 15) is 0 Å². The molecule has 0 heterocycles. The van der Waals surface area contributed by atoms with Crippen molar-refractivity contribution in [1.82, 2.24) is 0 Å². The predicted octanol–water partition coefficient (Wildman–Crippen LogP) is 3.98. The molecule has 19 heavy (non-hydrogen) atoms. The number of nitrogens with one attached hydrogen (secondary N) is 1. The number of hydrogen-bond donors (Lipinski definition) is 1. The molecule has 2 nitrogen and oxygen atoms in total. The molecule has 0 unspecified atom stereocenters. The zero-order valence-corrected chi connectivity index (χ0v) is 12.2. The Kier molecular flexibility index (Phi) is 4.10. The number of aryl methyl sites for hydroxylation is 2. The van der Waals surface area contributed by atoms with Gasteiger partial charge in [0.05, 0.1) is 0 Å². The van der Waals surface area contributed by atoms with Crippen LogP contribution in [0.25, 0.3) is 0 Å². The lowest BCUT2D eigenvalue weighted by molar-refractivity contribution is 0.920. The van der Waals surface area contributed by atoms with Crippen molar-refractivity contribution in [3.8, 4) is 0 Å². The molecule has 2 rings (SSSR count). The van der Waals surface area contributed by atoms with E-state index in [1.165, 1.54) is 22.4 Å². The summed E-state index contributed by atoms with van der Waals surface area (Å²) >= 11 is 0. The molecule has 0 atom stereocenters. The van der Waals surface area contributed by atoms with Crippen LogP contribution in [0.3, 0.4) is 0 Å². The summed E-state index contributed by atoms with van der Waals surface area (Å²) in [6.45, 7) is 5.25. The molecule has 100 valence electrons. The Balaban J connectivity index is 2.10. The normalized spacial score (nSPS) is 10.3. The van der Waals surface area contributed by atoms with Crippen LogP contribution in [0.4, 0.5) is 11.4 Å². The number of nitrogens with zero attached hydrogens (tertiary/aromatic N) is 1. The standard InChI is InChI=1S/C17H22N2/c1-13-5-6-15(11-14(13)2)12-19(4)17-9-7-16(18-3)8-10-17/h5-11,18H,12H2,1-4H3. The Bertz CT molecular complexity index is 544. The topological polar surface area (TPSA) is 15.3 Å². The van der Waals surface area contributed by atoms with Gasteiger partial charge in [0.25, 0.3) is 0 Å². The highest BCUT2D eigenvalue weighted by atomic mass is 15.1. The fourth-order valence-electron chi connectivity index (χ4n) is 2.15. The van der Waals surface area contributed by atoms with Crippen molar-refractivity contribution in [2.45, 2.75) is 20.4 Å². The van der Waals surface area contributed by atoms with Gasteiger partial charge in [0.15, 0.2) is 0 Å². The van der Waals surface area contributed by atoms with Gasteiger partial charge in [-0.25, -0.2) is 0 Å². The van der Waals surface area contributed by atoms with Crippen molar-refractivity contribution in [3.05, 3.63) is 59.2 Å². The Morgan fingerprint density at radius 1 is 0.947 bits per heavy atom. The van der Waals surface area contributed by atoms with Crippen molar-refractivity contribution in [1.29, 1.82) is 0 Å². The van der Waals surface area contributed by atoms with Crippen LogP contribution >= 0.6 is 0 Å². The molecule has 1 N–H and O–H groups in total. The molecule has 0 amide bonds. The third-order valence-corrected chi connectivity index (χ3v) is 3.59. The van der Waals surface area contributed by atoms with Gasteiger partial charge >= 0.3 is 0 Å². The SMILES string of the molecule is CNc1ccc(N(C)Cc2ccc(C)c(C)c2)cc1. The van der Waals surface area contributed by atoms with E-state index in [1.54, 1.807) is 0 Å². The molecule has 0 saturated heterocycles. The van der Waals surface area contributed by atoms with Crippen molar-refractivity contribution >= 4 is 11.4 Å². The van der Waals surface area contributed by atoms with E-state index in [1.807, 2.05) is 7.05 Å².